The second kappa shape index (κ2) is 6.75. The molecule has 1 aromatic carbocycles. The molecule has 0 spiro atoms. The van der Waals surface area contributed by atoms with Crippen molar-refractivity contribution >= 4 is 11.9 Å². The lowest BCUT2D eigenvalue weighted by Gasteiger charge is -2.21. The Morgan fingerprint density at radius 1 is 1.21 bits per heavy atom. The number of phenols is 1. The van der Waals surface area contributed by atoms with Gasteiger partial charge in [0.05, 0.1) is 20.6 Å². The van der Waals surface area contributed by atoms with Gasteiger partial charge in [-0.25, -0.2) is 4.79 Å². The number of ether oxygens (including phenoxy) is 2. The largest absolute Gasteiger partial charge is 0.508 e. The fraction of sp³-hybridized carbons (Fsp3) is 0.385. The molecule has 0 heterocycles. The average Bonchev–Trinajstić information content (AvgIpc) is 2.43. The van der Waals surface area contributed by atoms with Crippen LogP contribution in [0.15, 0.2) is 24.3 Å². The Morgan fingerprint density at radius 3 is 2.37 bits per heavy atom. The van der Waals surface area contributed by atoms with E-state index in [1.54, 1.807) is 12.1 Å². The number of rotatable bonds is 5. The Balaban J connectivity index is 3.08. The number of carbonyl (C=O) groups is 2. The van der Waals surface area contributed by atoms with Crippen molar-refractivity contribution in [3.63, 3.8) is 0 Å². The molecule has 19 heavy (non-hydrogen) atoms. The number of benzene rings is 1. The van der Waals surface area contributed by atoms with Crippen molar-refractivity contribution in [1.82, 2.24) is 0 Å². The molecule has 0 radical (unpaired) electrons. The third-order valence-electron chi connectivity index (χ3n) is 2.77. The standard InChI is InChI=1S/C13H16O6/c1-18-11(15)7-9(12(16)13(17)19-2)8-5-3-4-6-10(8)14/h3-6,9,12,14,16H,7H2,1-2H3/t9-,12-/m1/s1. The quantitative estimate of drug-likeness (QED) is 0.758. The zero-order chi connectivity index (χ0) is 14.4. The monoisotopic (exact) mass is 268 g/mol. The van der Waals surface area contributed by atoms with Crippen LogP contribution >= 0.6 is 0 Å². The molecule has 0 saturated heterocycles. The number of phenolic OH excluding ortho intramolecular Hbond substituents is 1. The highest BCUT2D eigenvalue weighted by Crippen LogP contribution is 2.31. The Labute approximate surface area is 110 Å². The Hall–Kier alpha value is -2.08. The van der Waals surface area contributed by atoms with Crippen LogP contribution in [0.3, 0.4) is 0 Å². The van der Waals surface area contributed by atoms with Gasteiger partial charge in [0.1, 0.15) is 5.75 Å². The van der Waals surface area contributed by atoms with E-state index in [-0.39, 0.29) is 17.7 Å². The Kier molecular flexibility index (Phi) is 5.32. The van der Waals surface area contributed by atoms with E-state index in [1.807, 2.05) is 0 Å². The number of methoxy groups -OCH3 is 2. The summed E-state index contributed by atoms with van der Waals surface area (Å²) in [7, 11) is 2.33. The number of para-hydroxylation sites is 1. The summed E-state index contributed by atoms with van der Waals surface area (Å²) in [6.45, 7) is 0. The Morgan fingerprint density at radius 2 is 1.84 bits per heavy atom. The molecule has 6 heteroatoms. The predicted molar refractivity (Wildman–Crippen MR) is 65.5 cm³/mol. The van der Waals surface area contributed by atoms with Gasteiger partial charge in [-0.1, -0.05) is 18.2 Å². The molecule has 0 aromatic heterocycles. The van der Waals surface area contributed by atoms with E-state index >= 15 is 0 Å². The van der Waals surface area contributed by atoms with Gasteiger partial charge in [0.2, 0.25) is 0 Å². The summed E-state index contributed by atoms with van der Waals surface area (Å²) in [5.74, 6) is -2.52. The predicted octanol–water partition coefficient (Wildman–Crippen LogP) is 0.573. The molecule has 0 aliphatic rings. The van der Waals surface area contributed by atoms with Crippen LogP contribution in [-0.4, -0.2) is 42.5 Å². The molecule has 0 unspecified atom stereocenters. The molecule has 2 N–H and O–H groups in total. The molecule has 0 bridgehead atoms. The fourth-order valence-corrected chi connectivity index (χ4v) is 1.74. The summed E-state index contributed by atoms with van der Waals surface area (Å²) >= 11 is 0. The Bertz CT molecular complexity index is 456. The van der Waals surface area contributed by atoms with Gasteiger partial charge in [0.25, 0.3) is 0 Å². The lowest BCUT2D eigenvalue weighted by molar-refractivity contribution is -0.153. The minimum atomic E-state index is -1.56. The molecule has 0 aliphatic heterocycles. The van der Waals surface area contributed by atoms with Crippen molar-refractivity contribution in [2.24, 2.45) is 0 Å². The zero-order valence-corrected chi connectivity index (χ0v) is 10.7. The third-order valence-corrected chi connectivity index (χ3v) is 2.77. The number of aliphatic hydroxyl groups excluding tert-OH is 1. The number of carbonyl (C=O) groups excluding carboxylic acids is 2. The number of hydrogen-bond acceptors (Lipinski definition) is 6. The van der Waals surface area contributed by atoms with Crippen LogP contribution < -0.4 is 0 Å². The third kappa shape index (κ3) is 3.69. The first kappa shape index (κ1) is 15.0. The SMILES string of the molecule is COC(=O)C[C@H](c1ccccc1O)[C@@H](O)C(=O)OC. The van der Waals surface area contributed by atoms with Crippen LogP contribution in [0.5, 0.6) is 5.75 Å². The van der Waals surface area contributed by atoms with Crippen molar-refractivity contribution in [2.45, 2.75) is 18.4 Å². The van der Waals surface area contributed by atoms with Crippen LogP contribution in [-0.2, 0) is 19.1 Å². The minimum Gasteiger partial charge on any atom is -0.508 e. The maximum atomic E-state index is 11.4. The van der Waals surface area contributed by atoms with Crippen molar-refractivity contribution in [2.75, 3.05) is 14.2 Å². The second-order valence-corrected chi connectivity index (χ2v) is 3.91. The zero-order valence-electron chi connectivity index (χ0n) is 10.7. The maximum absolute atomic E-state index is 11.4. The lowest BCUT2D eigenvalue weighted by atomic mass is 9.89. The summed E-state index contributed by atoms with van der Waals surface area (Å²) in [5.41, 5.74) is 0.283. The van der Waals surface area contributed by atoms with E-state index in [4.69, 9.17) is 0 Å². The molecule has 0 saturated carbocycles. The molecule has 0 aliphatic carbocycles. The molecular weight excluding hydrogens is 252 g/mol. The summed E-state index contributed by atoms with van der Waals surface area (Å²) in [6, 6.07) is 6.15. The van der Waals surface area contributed by atoms with Gasteiger partial charge in [-0.05, 0) is 6.07 Å². The molecule has 1 aromatic rings. The molecule has 6 nitrogen and oxygen atoms in total. The smallest absolute Gasteiger partial charge is 0.335 e. The van der Waals surface area contributed by atoms with Gasteiger partial charge >= 0.3 is 11.9 Å². The molecule has 0 amide bonds. The number of hydrogen-bond donors (Lipinski definition) is 2. The number of aromatic hydroxyl groups is 1. The summed E-state index contributed by atoms with van der Waals surface area (Å²) < 4.78 is 8.97. The molecule has 1 rings (SSSR count). The maximum Gasteiger partial charge on any atom is 0.335 e. The van der Waals surface area contributed by atoms with Crippen molar-refractivity contribution in [3.05, 3.63) is 29.8 Å². The van der Waals surface area contributed by atoms with Crippen LogP contribution in [0, 0.1) is 0 Å². The molecule has 0 fully saturated rings. The summed E-state index contributed by atoms with van der Waals surface area (Å²) in [6.07, 6.45) is -1.80. The first-order chi connectivity index (χ1) is 9.01. The molecule has 104 valence electrons. The highest BCUT2D eigenvalue weighted by Gasteiger charge is 2.32. The van der Waals surface area contributed by atoms with Gasteiger partial charge in [0, 0.05) is 11.5 Å². The number of aliphatic hydroxyl groups is 1. The summed E-state index contributed by atoms with van der Waals surface area (Å²) in [4.78, 5) is 22.8. The van der Waals surface area contributed by atoms with E-state index in [0.717, 1.165) is 7.11 Å². The van der Waals surface area contributed by atoms with Gasteiger partial charge in [0.15, 0.2) is 6.10 Å². The van der Waals surface area contributed by atoms with Gasteiger partial charge in [-0.3, -0.25) is 4.79 Å². The van der Waals surface area contributed by atoms with Crippen LogP contribution in [0.2, 0.25) is 0 Å². The summed E-state index contributed by atoms with van der Waals surface area (Å²) in [5, 5.41) is 19.7. The molecular formula is C13H16O6. The highest BCUT2D eigenvalue weighted by atomic mass is 16.5. The highest BCUT2D eigenvalue weighted by molar-refractivity contribution is 5.78. The van der Waals surface area contributed by atoms with Crippen molar-refractivity contribution in [1.29, 1.82) is 0 Å². The van der Waals surface area contributed by atoms with E-state index in [9.17, 15) is 19.8 Å². The van der Waals surface area contributed by atoms with Crippen LogP contribution in [0.4, 0.5) is 0 Å². The van der Waals surface area contributed by atoms with Crippen LogP contribution in [0.1, 0.15) is 17.9 Å². The van der Waals surface area contributed by atoms with E-state index in [1.165, 1.54) is 19.2 Å². The molecule has 2 atom stereocenters. The lowest BCUT2D eigenvalue weighted by Crippen LogP contribution is -2.31. The average molecular weight is 268 g/mol. The minimum absolute atomic E-state index is 0.112. The van der Waals surface area contributed by atoms with Crippen molar-refractivity contribution < 1.29 is 29.3 Å². The van der Waals surface area contributed by atoms with Gasteiger partial charge in [-0.15, -0.1) is 0 Å². The van der Waals surface area contributed by atoms with Gasteiger partial charge in [-0.2, -0.15) is 0 Å². The number of esters is 2. The van der Waals surface area contributed by atoms with Crippen LogP contribution in [0.25, 0.3) is 0 Å². The second-order valence-electron chi connectivity index (χ2n) is 3.91. The van der Waals surface area contributed by atoms with Gasteiger partial charge < -0.3 is 19.7 Å². The fourth-order valence-electron chi connectivity index (χ4n) is 1.74. The normalized spacial score (nSPS) is 13.4. The van der Waals surface area contributed by atoms with E-state index in [0.29, 0.717) is 0 Å². The first-order valence-electron chi connectivity index (χ1n) is 5.61. The van der Waals surface area contributed by atoms with E-state index < -0.39 is 24.0 Å². The van der Waals surface area contributed by atoms with Crippen molar-refractivity contribution in [3.8, 4) is 5.75 Å². The topological polar surface area (TPSA) is 93.1 Å². The first-order valence-corrected chi connectivity index (χ1v) is 5.61. The van der Waals surface area contributed by atoms with E-state index in [2.05, 4.69) is 9.47 Å².